The first-order chi connectivity index (χ1) is 7.99. The second-order valence-corrected chi connectivity index (χ2v) is 3.62. The molecule has 1 atom stereocenters. The molecular weight excluding hydrogens is 233 g/mol. The molecule has 17 heavy (non-hydrogen) atoms. The largest absolute Gasteiger partial charge is 0.411 e. The molecule has 0 radical (unpaired) electrons. The summed E-state index contributed by atoms with van der Waals surface area (Å²) in [6.45, 7) is 1.14. The Kier molecular flexibility index (Phi) is 5.37. The van der Waals surface area contributed by atoms with Crippen LogP contribution in [0.15, 0.2) is 24.5 Å². The molecule has 1 heterocycles. The van der Waals surface area contributed by atoms with E-state index in [9.17, 15) is 13.2 Å². The number of hydrogen-bond acceptors (Lipinski definition) is 3. The highest BCUT2D eigenvalue weighted by Gasteiger charge is 2.27. The van der Waals surface area contributed by atoms with Crippen LogP contribution in [-0.2, 0) is 4.74 Å². The van der Waals surface area contributed by atoms with Gasteiger partial charge in [0, 0.05) is 25.0 Å². The van der Waals surface area contributed by atoms with Crippen LogP contribution in [-0.4, -0.2) is 30.9 Å². The summed E-state index contributed by atoms with van der Waals surface area (Å²) in [7, 11) is 0. The van der Waals surface area contributed by atoms with Crippen LogP contribution in [0.25, 0.3) is 0 Å². The number of hydrogen-bond donors (Lipinski definition) is 1. The van der Waals surface area contributed by atoms with Crippen molar-refractivity contribution in [3.05, 3.63) is 30.1 Å². The number of ether oxygens (including phenoxy) is 1. The van der Waals surface area contributed by atoms with Gasteiger partial charge in [0.2, 0.25) is 0 Å². The maximum Gasteiger partial charge on any atom is 0.411 e. The number of halogens is 3. The Balaban J connectivity index is 2.15. The van der Waals surface area contributed by atoms with Crippen LogP contribution >= 0.6 is 0 Å². The lowest BCUT2D eigenvalue weighted by Crippen LogP contribution is -2.25. The zero-order chi connectivity index (χ0) is 12.7. The number of alkyl halides is 3. The zero-order valence-electron chi connectivity index (χ0n) is 9.50. The Labute approximate surface area is 98.0 Å². The van der Waals surface area contributed by atoms with Crippen molar-refractivity contribution in [2.45, 2.75) is 19.1 Å². The molecule has 0 aromatic carbocycles. The van der Waals surface area contributed by atoms with Crippen molar-refractivity contribution in [3.8, 4) is 0 Å². The first-order valence-corrected chi connectivity index (χ1v) is 5.27. The van der Waals surface area contributed by atoms with Gasteiger partial charge in [0.25, 0.3) is 0 Å². The van der Waals surface area contributed by atoms with E-state index in [2.05, 4.69) is 15.0 Å². The summed E-state index contributed by atoms with van der Waals surface area (Å²) in [5, 5.41) is 3.07. The van der Waals surface area contributed by atoms with Crippen LogP contribution < -0.4 is 5.32 Å². The molecule has 0 unspecified atom stereocenters. The predicted octanol–water partition coefficient (Wildman–Crippen LogP) is 2.31. The van der Waals surface area contributed by atoms with Gasteiger partial charge in [-0.2, -0.15) is 13.2 Å². The molecule has 1 rings (SSSR count). The Morgan fingerprint density at radius 1 is 1.35 bits per heavy atom. The molecule has 96 valence electrons. The van der Waals surface area contributed by atoms with E-state index in [-0.39, 0.29) is 12.6 Å². The SMILES string of the molecule is C[C@@H](NCCOCC(F)(F)F)c1ccncc1. The standard InChI is InChI=1S/C11H15F3N2O/c1-9(10-2-4-15-5-3-10)16-6-7-17-8-11(12,13)14/h2-5,9,16H,6-8H2,1H3/t9-/m1/s1. The summed E-state index contributed by atoms with van der Waals surface area (Å²) < 4.78 is 39.7. The van der Waals surface area contributed by atoms with Gasteiger partial charge < -0.3 is 10.1 Å². The number of pyridine rings is 1. The van der Waals surface area contributed by atoms with E-state index in [1.54, 1.807) is 12.4 Å². The minimum Gasteiger partial charge on any atom is -0.371 e. The highest BCUT2D eigenvalue weighted by Crippen LogP contribution is 2.14. The topological polar surface area (TPSA) is 34.1 Å². The molecule has 0 aliphatic rings. The molecule has 0 amide bonds. The predicted molar refractivity (Wildman–Crippen MR) is 57.5 cm³/mol. The van der Waals surface area contributed by atoms with E-state index in [1.165, 1.54) is 0 Å². The van der Waals surface area contributed by atoms with Crippen molar-refractivity contribution in [3.63, 3.8) is 0 Å². The van der Waals surface area contributed by atoms with Crippen LogP contribution in [0.1, 0.15) is 18.5 Å². The fraction of sp³-hybridized carbons (Fsp3) is 0.545. The first kappa shape index (κ1) is 13.9. The number of nitrogens with one attached hydrogen (secondary N) is 1. The van der Waals surface area contributed by atoms with Crippen molar-refractivity contribution in [2.75, 3.05) is 19.8 Å². The summed E-state index contributed by atoms with van der Waals surface area (Å²) in [4.78, 5) is 3.89. The van der Waals surface area contributed by atoms with Crippen molar-refractivity contribution >= 4 is 0 Å². The average molecular weight is 248 g/mol. The van der Waals surface area contributed by atoms with Gasteiger partial charge in [-0.15, -0.1) is 0 Å². The molecule has 0 spiro atoms. The second kappa shape index (κ2) is 6.56. The highest BCUT2D eigenvalue weighted by atomic mass is 19.4. The summed E-state index contributed by atoms with van der Waals surface area (Å²) in [5.41, 5.74) is 1.04. The Hall–Kier alpha value is -1.14. The molecule has 0 aliphatic carbocycles. The minimum absolute atomic E-state index is 0.0366. The van der Waals surface area contributed by atoms with Crippen LogP contribution in [0.5, 0.6) is 0 Å². The Morgan fingerprint density at radius 2 is 2.00 bits per heavy atom. The lowest BCUT2D eigenvalue weighted by molar-refractivity contribution is -0.173. The van der Waals surface area contributed by atoms with Crippen LogP contribution in [0.2, 0.25) is 0 Å². The Bertz CT molecular complexity index is 316. The lowest BCUT2D eigenvalue weighted by atomic mass is 10.1. The smallest absolute Gasteiger partial charge is 0.371 e. The molecule has 6 heteroatoms. The van der Waals surface area contributed by atoms with Crippen LogP contribution in [0.4, 0.5) is 13.2 Å². The summed E-state index contributed by atoms with van der Waals surface area (Å²) in [6.07, 6.45) is -0.905. The first-order valence-electron chi connectivity index (χ1n) is 5.27. The van der Waals surface area contributed by atoms with Crippen molar-refractivity contribution in [1.29, 1.82) is 0 Å². The second-order valence-electron chi connectivity index (χ2n) is 3.62. The number of aromatic nitrogens is 1. The Morgan fingerprint density at radius 3 is 2.59 bits per heavy atom. The van der Waals surface area contributed by atoms with Crippen molar-refractivity contribution < 1.29 is 17.9 Å². The number of rotatable bonds is 6. The van der Waals surface area contributed by atoms with Gasteiger partial charge in [0.15, 0.2) is 0 Å². The van der Waals surface area contributed by atoms with E-state index in [0.717, 1.165) is 5.56 Å². The van der Waals surface area contributed by atoms with Crippen LogP contribution in [0.3, 0.4) is 0 Å². The summed E-state index contributed by atoms with van der Waals surface area (Å²) in [6, 6.07) is 3.77. The van der Waals surface area contributed by atoms with Gasteiger partial charge >= 0.3 is 6.18 Å². The van der Waals surface area contributed by atoms with Gasteiger partial charge in [-0.1, -0.05) is 0 Å². The van der Waals surface area contributed by atoms with Gasteiger partial charge in [0.05, 0.1) is 6.61 Å². The molecule has 0 saturated heterocycles. The fourth-order valence-corrected chi connectivity index (χ4v) is 1.31. The van der Waals surface area contributed by atoms with E-state index in [4.69, 9.17) is 0 Å². The normalized spacial score (nSPS) is 13.6. The van der Waals surface area contributed by atoms with Crippen molar-refractivity contribution in [1.82, 2.24) is 10.3 Å². The molecule has 1 N–H and O–H groups in total. The molecule has 1 aromatic heterocycles. The third-order valence-corrected chi connectivity index (χ3v) is 2.17. The third kappa shape index (κ3) is 6.23. The van der Waals surface area contributed by atoms with Gasteiger partial charge in [-0.05, 0) is 24.6 Å². The summed E-state index contributed by atoms with van der Waals surface area (Å²) in [5.74, 6) is 0. The van der Waals surface area contributed by atoms with Gasteiger partial charge in [0.1, 0.15) is 6.61 Å². The van der Waals surface area contributed by atoms with E-state index in [1.807, 2.05) is 19.1 Å². The zero-order valence-corrected chi connectivity index (χ0v) is 9.50. The molecule has 0 bridgehead atoms. The monoisotopic (exact) mass is 248 g/mol. The van der Waals surface area contributed by atoms with Gasteiger partial charge in [-0.3, -0.25) is 4.98 Å². The fourth-order valence-electron chi connectivity index (χ4n) is 1.31. The molecule has 0 aliphatic heterocycles. The quantitative estimate of drug-likeness (QED) is 0.784. The minimum atomic E-state index is -4.25. The molecule has 0 saturated carbocycles. The molecular formula is C11H15F3N2O. The average Bonchev–Trinajstić information content (AvgIpc) is 2.28. The van der Waals surface area contributed by atoms with Crippen LogP contribution in [0, 0.1) is 0 Å². The highest BCUT2D eigenvalue weighted by molar-refractivity contribution is 5.13. The maximum atomic E-state index is 11.8. The molecule has 0 fully saturated rings. The maximum absolute atomic E-state index is 11.8. The summed E-state index contributed by atoms with van der Waals surface area (Å²) >= 11 is 0. The molecule has 3 nitrogen and oxygen atoms in total. The van der Waals surface area contributed by atoms with E-state index < -0.39 is 12.8 Å². The third-order valence-electron chi connectivity index (χ3n) is 2.17. The van der Waals surface area contributed by atoms with Crippen molar-refractivity contribution in [2.24, 2.45) is 0 Å². The lowest BCUT2D eigenvalue weighted by Gasteiger charge is -2.14. The van der Waals surface area contributed by atoms with E-state index in [0.29, 0.717) is 6.54 Å². The number of nitrogens with zero attached hydrogens (tertiary/aromatic N) is 1. The van der Waals surface area contributed by atoms with Gasteiger partial charge in [-0.25, -0.2) is 0 Å². The molecule has 1 aromatic rings. The van der Waals surface area contributed by atoms with E-state index >= 15 is 0 Å².